The van der Waals surface area contributed by atoms with Crippen LogP contribution >= 0.6 is 0 Å². The minimum Gasteiger partial charge on any atom is -0.489 e. The fourth-order valence-electron chi connectivity index (χ4n) is 4.79. The van der Waals surface area contributed by atoms with E-state index in [4.69, 9.17) is 19.7 Å². The summed E-state index contributed by atoms with van der Waals surface area (Å²) in [5, 5.41) is 30.7. The number of imidazole rings is 1. The van der Waals surface area contributed by atoms with Gasteiger partial charge in [0, 0.05) is 22.8 Å². The largest absolute Gasteiger partial charge is 0.490 e. The number of halogens is 3. The number of fused-ring (bicyclic) bond motifs is 2. The Morgan fingerprint density at radius 2 is 1.62 bits per heavy atom. The molecule has 0 aliphatic carbocycles. The van der Waals surface area contributed by atoms with Crippen LogP contribution in [0.25, 0.3) is 11.0 Å². The zero-order valence-corrected chi connectivity index (χ0v) is 22.9. The monoisotopic (exact) mass is 620 g/mol. The van der Waals surface area contributed by atoms with Gasteiger partial charge in [0.1, 0.15) is 12.4 Å². The Morgan fingerprint density at radius 3 is 2.31 bits per heavy atom. The Hall–Kier alpha value is -5.89. The first-order chi connectivity index (χ1) is 21.4. The van der Waals surface area contributed by atoms with Gasteiger partial charge in [-0.3, -0.25) is 15.0 Å². The molecule has 1 aliphatic heterocycles. The standard InChI is InChI=1S/C29H22N4O5.C2HF3O2/c34-26-22-11-4-5-12-23(22)29(37,19-13-14-24-25(15-19)31-27(30-24)32-28(35)36)33(26)20-9-6-10-21(16-20)38-17-18-7-2-1-3-8-18;3-2(4,5)1(6)7/h1-16,37H,17H2,(H,35,36)(H2,30,31,32);(H,6,7). The quantitative estimate of drug-likeness (QED) is 0.161. The van der Waals surface area contributed by atoms with E-state index in [0.29, 0.717) is 45.8 Å². The zero-order chi connectivity index (χ0) is 32.4. The number of hydrogen-bond donors (Lipinski definition) is 5. The van der Waals surface area contributed by atoms with Crippen LogP contribution in [0.15, 0.2) is 97.1 Å². The number of amides is 2. The smallest absolute Gasteiger partial charge is 0.489 e. The first-order valence-electron chi connectivity index (χ1n) is 13.1. The number of aromatic nitrogens is 2. The molecular weight excluding hydrogens is 597 g/mol. The van der Waals surface area contributed by atoms with E-state index in [-0.39, 0.29) is 11.9 Å². The van der Waals surface area contributed by atoms with Crippen LogP contribution in [0, 0.1) is 0 Å². The van der Waals surface area contributed by atoms with Crippen molar-refractivity contribution in [2.75, 3.05) is 10.2 Å². The van der Waals surface area contributed by atoms with Gasteiger partial charge in [0.2, 0.25) is 5.95 Å². The highest BCUT2D eigenvalue weighted by molar-refractivity contribution is 6.12. The molecule has 11 nitrogen and oxygen atoms in total. The van der Waals surface area contributed by atoms with Gasteiger partial charge in [-0.25, -0.2) is 14.6 Å². The van der Waals surface area contributed by atoms with Gasteiger partial charge in [0.05, 0.1) is 16.7 Å². The topological polar surface area (TPSA) is 165 Å². The van der Waals surface area contributed by atoms with Gasteiger partial charge in [-0.05, 0) is 35.9 Å². The van der Waals surface area contributed by atoms with Gasteiger partial charge in [0.15, 0.2) is 5.72 Å². The predicted octanol–water partition coefficient (Wildman–Crippen LogP) is 5.72. The van der Waals surface area contributed by atoms with E-state index in [9.17, 15) is 27.9 Å². The molecule has 1 unspecified atom stereocenters. The van der Waals surface area contributed by atoms with E-state index >= 15 is 0 Å². The second kappa shape index (κ2) is 12.0. The number of carboxylic acid groups (broad SMARTS) is 2. The molecule has 1 atom stereocenters. The number of aliphatic hydroxyl groups is 1. The summed E-state index contributed by atoms with van der Waals surface area (Å²) in [7, 11) is 0. The highest BCUT2D eigenvalue weighted by Crippen LogP contribution is 2.46. The van der Waals surface area contributed by atoms with Crippen LogP contribution in [-0.4, -0.2) is 49.4 Å². The van der Waals surface area contributed by atoms with Crippen LogP contribution in [-0.2, 0) is 17.1 Å². The van der Waals surface area contributed by atoms with Crippen LogP contribution in [0.5, 0.6) is 5.75 Å². The summed E-state index contributed by atoms with van der Waals surface area (Å²) < 4.78 is 37.7. The number of nitrogens with zero attached hydrogens (tertiary/aromatic N) is 2. The lowest BCUT2D eigenvalue weighted by atomic mass is 9.93. The Kier molecular flexibility index (Phi) is 8.16. The molecule has 5 N–H and O–H groups in total. The number of hydrogen-bond acceptors (Lipinski definition) is 6. The third kappa shape index (κ3) is 6.26. The van der Waals surface area contributed by atoms with E-state index in [1.165, 1.54) is 4.90 Å². The lowest BCUT2D eigenvalue weighted by Crippen LogP contribution is -2.45. The normalized spacial score (nSPS) is 15.6. The summed E-state index contributed by atoms with van der Waals surface area (Å²) in [6.07, 6.45) is -6.33. The highest BCUT2D eigenvalue weighted by Gasteiger charge is 2.50. The number of H-pyrrole nitrogens is 1. The van der Waals surface area contributed by atoms with Crippen molar-refractivity contribution >= 4 is 40.6 Å². The SMILES string of the molecule is O=C(O)C(F)(F)F.O=C(O)Nc1nc2cc(C3(O)c4ccccc4C(=O)N3c3cccc(OCc4ccccc4)c3)ccc2[nH]1. The Morgan fingerprint density at radius 1 is 0.933 bits per heavy atom. The van der Waals surface area contributed by atoms with Crippen molar-refractivity contribution in [3.63, 3.8) is 0 Å². The molecule has 4 aromatic carbocycles. The minimum atomic E-state index is -5.08. The number of ether oxygens (including phenoxy) is 1. The number of benzene rings is 4. The van der Waals surface area contributed by atoms with Crippen molar-refractivity contribution in [2.45, 2.75) is 18.5 Å². The second-order valence-corrected chi connectivity index (χ2v) is 9.68. The van der Waals surface area contributed by atoms with Crippen molar-refractivity contribution in [3.05, 3.63) is 119 Å². The molecule has 14 heteroatoms. The average Bonchev–Trinajstić information content (AvgIpc) is 3.51. The van der Waals surface area contributed by atoms with Crippen molar-refractivity contribution in [2.24, 2.45) is 0 Å². The first-order valence-corrected chi connectivity index (χ1v) is 13.1. The predicted molar refractivity (Wildman–Crippen MR) is 155 cm³/mol. The van der Waals surface area contributed by atoms with Crippen molar-refractivity contribution in [1.82, 2.24) is 9.97 Å². The Labute approximate surface area is 252 Å². The molecule has 2 amide bonds. The molecule has 2 heterocycles. The molecule has 1 aliphatic rings. The molecule has 0 saturated carbocycles. The number of alkyl halides is 3. The molecule has 5 aromatic rings. The third-order valence-electron chi connectivity index (χ3n) is 6.74. The summed E-state index contributed by atoms with van der Waals surface area (Å²) in [4.78, 5) is 42.1. The van der Waals surface area contributed by atoms with E-state index in [0.717, 1.165) is 5.56 Å². The van der Waals surface area contributed by atoms with E-state index < -0.39 is 24.0 Å². The van der Waals surface area contributed by atoms with Crippen LogP contribution < -0.4 is 15.0 Å². The number of carbonyl (C=O) groups excluding carboxylic acids is 1. The molecule has 6 rings (SSSR count). The maximum atomic E-state index is 13.7. The molecule has 230 valence electrons. The number of carboxylic acids is 1. The van der Waals surface area contributed by atoms with Gasteiger partial charge in [-0.15, -0.1) is 0 Å². The Balaban J connectivity index is 0.000000515. The molecule has 0 spiro atoms. The molecule has 0 bridgehead atoms. The van der Waals surface area contributed by atoms with Crippen LogP contribution in [0.1, 0.15) is 27.0 Å². The number of nitrogens with one attached hydrogen (secondary N) is 2. The lowest BCUT2D eigenvalue weighted by Gasteiger charge is -2.35. The zero-order valence-electron chi connectivity index (χ0n) is 22.9. The van der Waals surface area contributed by atoms with Gasteiger partial charge in [-0.2, -0.15) is 13.2 Å². The molecule has 0 fully saturated rings. The molecule has 1 aromatic heterocycles. The van der Waals surface area contributed by atoms with E-state index in [2.05, 4.69) is 15.3 Å². The lowest BCUT2D eigenvalue weighted by molar-refractivity contribution is -0.192. The van der Waals surface area contributed by atoms with E-state index in [1.54, 1.807) is 66.7 Å². The van der Waals surface area contributed by atoms with Crippen LogP contribution in [0.2, 0.25) is 0 Å². The fourth-order valence-corrected chi connectivity index (χ4v) is 4.79. The van der Waals surface area contributed by atoms with Crippen molar-refractivity contribution in [3.8, 4) is 5.75 Å². The first kappa shape index (κ1) is 30.6. The van der Waals surface area contributed by atoms with Gasteiger partial charge in [0.25, 0.3) is 5.91 Å². The van der Waals surface area contributed by atoms with Gasteiger partial charge >= 0.3 is 18.2 Å². The number of anilines is 2. The highest BCUT2D eigenvalue weighted by atomic mass is 19.4. The van der Waals surface area contributed by atoms with Gasteiger partial charge in [-0.1, -0.05) is 60.7 Å². The number of aromatic amines is 1. The van der Waals surface area contributed by atoms with Crippen molar-refractivity contribution in [1.29, 1.82) is 0 Å². The van der Waals surface area contributed by atoms with Crippen LogP contribution in [0.3, 0.4) is 0 Å². The summed E-state index contributed by atoms with van der Waals surface area (Å²) in [6.45, 7) is 0.352. The minimum absolute atomic E-state index is 0.0552. The van der Waals surface area contributed by atoms with E-state index in [1.807, 2.05) is 30.3 Å². The molecule has 45 heavy (non-hydrogen) atoms. The summed E-state index contributed by atoms with van der Waals surface area (Å²) in [5.74, 6) is -2.52. The van der Waals surface area contributed by atoms with Crippen molar-refractivity contribution < 1.29 is 47.6 Å². The number of aliphatic carboxylic acids is 1. The molecular formula is C31H23F3N4O7. The third-order valence-corrected chi connectivity index (χ3v) is 6.74. The van der Waals surface area contributed by atoms with Gasteiger partial charge < -0.3 is 25.0 Å². The van der Waals surface area contributed by atoms with Crippen LogP contribution in [0.4, 0.5) is 29.6 Å². The number of rotatable bonds is 6. The molecule has 0 saturated heterocycles. The second-order valence-electron chi connectivity index (χ2n) is 9.68. The maximum absolute atomic E-state index is 13.7. The maximum Gasteiger partial charge on any atom is 0.490 e. The fraction of sp³-hybridized carbons (Fsp3) is 0.0968. The average molecular weight is 621 g/mol. The summed E-state index contributed by atoms with van der Waals surface area (Å²) >= 11 is 0. The Bertz CT molecular complexity index is 1900. The number of carbonyl (C=O) groups is 3. The molecule has 0 radical (unpaired) electrons. The summed E-state index contributed by atoms with van der Waals surface area (Å²) in [6, 6.07) is 28.7. The summed E-state index contributed by atoms with van der Waals surface area (Å²) in [5.41, 5.74) is 1.81.